The summed E-state index contributed by atoms with van der Waals surface area (Å²) < 4.78 is 5.97. The predicted molar refractivity (Wildman–Crippen MR) is 101 cm³/mol. The van der Waals surface area contributed by atoms with E-state index in [1.165, 1.54) is 0 Å². The van der Waals surface area contributed by atoms with Gasteiger partial charge in [0, 0.05) is 28.1 Å². The molecule has 1 atom stereocenters. The van der Waals surface area contributed by atoms with E-state index < -0.39 is 0 Å². The summed E-state index contributed by atoms with van der Waals surface area (Å²) in [6.45, 7) is 6.17. The van der Waals surface area contributed by atoms with Crippen LogP contribution in [0.15, 0.2) is 88.5 Å². The van der Waals surface area contributed by atoms with E-state index in [0.29, 0.717) is 5.92 Å². The van der Waals surface area contributed by atoms with Crippen molar-refractivity contribution < 1.29 is 4.42 Å². The normalized spacial score (nSPS) is 17.7. The van der Waals surface area contributed by atoms with Crippen LogP contribution in [0.5, 0.6) is 0 Å². The molecule has 0 saturated carbocycles. The predicted octanol–water partition coefficient (Wildman–Crippen LogP) is 6.04. The number of furan rings is 1. The molecule has 0 saturated heterocycles. The van der Waals surface area contributed by atoms with Crippen LogP contribution in [0.25, 0.3) is 21.9 Å². The number of fused-ring (bicyclic) bond motifs is 3. The summed E-state index contributed by atoms with van der Waals surface area (Å²) in [5.74, 6) is 0.292. The molecule has 2 nitrogen and oxygen atoms in total. The number of nitrogens with zero attached hydrogens (tertiary/aromatic N) is 1. The number of hydrogen-bond acceptors (Lipinski definition) is 2. The van der Waals surface area contributed by atoms with Gasteiger partial charge < -0.3 is 4.42 Å². The monoisotopic (exact) mass is 313 g/mol. The van der Waals surface area contributed by atoms with Crippen LogP contribution < -0.4 is 0 Å². The summed E-state index contributed by atoms with van der Waals surface area (Å²) in [6, 6.07) is 14.4. The summed E-state index contributed by atoms with van der Waals surface area (Å²) in [6.07, 6.45) is 9.40. The molecule has 118 valence electrons. The standard InChI is InChI=1S/C22H19NO/c1-15(17-8-4-3-5-9-17)23-16(2)18-12-13-20-19-10-6-7-11-21(19)24-22(20)14-18/h3-8,10-14,17H,1,9H2,2H3. The Balaban J connectivity index is 1.69. The molecule has 4 rings (SSSR count). The first-order valence-corrected chi connectivity index (χ1v) is 8.21. The molecule has 24 heavy (non-hydrogen) atoms. The Morgan fingerprint density at radius 1 is 1.08 bits per heavy atom. The molecule has 1 unspecified atom stereocenters. The minimum atomic E-state index is 0.292. The van der Waals surface area contributed by atoms with Gasteiger partial charge in [-0.2, -0.15) is 0 Å². The molecule has 2 heteroatoms. The third-order valence-corrected chi connectivity index (χ3v) is 4.52. The highest BCUT2D eigenvalue weighted by atomic mass is 16.3. The van der Waals surface area contributed by atoms with Gasteiger partial charge in [-0.15, -0.1) is 0 Å². The molecule has 1 aromatic heterocycles. The van der Waals surface area contributed by atoms with Gasteiger partial charge in [-0.05, 0) is 37.1 Å². The van der Waals surface area contributed by atoms with Crippen LogP contribution in [0.2, 0.25) is 0 Å². The largest absolute Gasteiger partial charge is 0.456 e. The van der Waals surface area contributed by atoms with Crippen molar-refractivity contribution in [3.05, 3.63) is 84.6 Å². The maximum absolute atomic E-state index is 5.97. The highest BCUT2D eigenvalue weighted by Gasteiger charge is 2.11. The number of allylic oxidation sites excluding steroid dienone is 4. The van der Waals surface area contributed by atoms with E-state index in [-0.39, 0.29) is 0 Å². The molecule has 1 aliphatic carbocycles. The first-order chi connectivity index (χ1) is 11.7. The number of aliphatic imine (C=N–C) groups is 1. The van der Waals surface area contributed by atoms with Crippen LogP contribution in [0.4, 0.5) is 0 Å². The Bertz CT molecular complexity index is 1020. The quantitative estimate of drug-likeness (QED) is 0.541. The maximum Gasteiger partial charge on any atom is 0.136 e. The molecular formula is C22H19NO. The van der Waals surface area contributed by atoms with Crippen molar-refractivity contribution in [2.75, 3.05) is 0 Å². The Hall–Kier alpha value is -2.87. The van der Waals surface area contributed by atoms with Crippen molar-refractivity contribution in [1.29, 1.82) is 0 Å². The van der Waals surface area contributed by atoms with Crippen LogP contribution in [-0.4, -0.2) is 5.71 Å². The molecule has 0 amide bonds. The molecule has 1 aliphatic rings. The third-order valence-electron chi connectivity index (χ3n) is 4.52. The van der Waals surface area contributed by atoms with Gasteiger partial charge in [-0.25, -0.2) is 0 Å². The lowest BCUT2D eigenvalue weighted by atomic mass is 9.98. The van der Waals surface area contributed by atoms with Gasteiger partial charge in [0.1, 0.15) is 11.2 Å². The molecule has 0 radical (unpaired) electrons. The van der Waals surface area contributed by atoms with Crippen molar-refractivity contribution in [2.24, 2.45) is 10.9 Å². The Morgan fingerprint density at radius 2 is 1.92 bits per heavy atom. The van der Waals surface area contributed by atoms with E-state index in [1.807, 2.05) is 25.1 Å². The zero-order valence-electron chi connectivity index (χ0n) is 13.7. The molecule has 0 aliphatic heterocycles. The van der Waals surface area contributed by atoms with Crippen LogP contribution in [-0.2, 0) is 0 Å². The van der Waals surface area contributed by atoms with Gasteiger partial charge in [0.2, 0.25) is 0 Å². The van der Waals surface area contributed by atoms with Gasteiger partial charge in [-0.3, -0.25) is 4.99 Å². The zero-order valence-corrected chi connectivity index (χ0v) is 13.7. The lowest BCUT2D eigenvalue weighted by Gasteiger charge is -2.13. The number of para-hydroxylation sites is 1. The number of rotatable bonds is 3. The van der Waals surface area contributed by atoms with Gasteiger partial charge >= 0.3 is 0 Å². The smallest absolute Gasteiger partial charge is 0.136 e. The number of hydrogen-bond donors (Lipinski definition) is 0. The van der Waals surface area contributed by atoms with E-state index >= 15 is 0 Å². The second-order valence-corrected chi connectivity index (χ2v) is 6.15. The van der Waals surface area contributed by atoms with E-state index in [1.54, 1.807) is 0 Å². The molecular weight excluding hydrogens is 294 g/mol. The molecule has 2 aromatic carbocycles. The van der Waals surface area contributed by atoms with Crippen molar-refractivity contribution in [2.45, 2.75) is 13.3 Å². The van der Waals surface area contributed by atoms with Crippen LogP contribution in [0.1, 0.15) is 18.9 Å². The van der Waals surface area contributed by atoms with E-state index in [2.05, 4.69) is 55.1 Å². The zero-order chi connectivity index (χ0) is 16.5. The van der Waals surface area contributed by atoms with Gasteiger partial charge in [-0.1, -0.05) is 55.1 Å². The highest BCUT2D eigenvalue weighted by Crippen LogP contribution is 2.29. The summed E-state index contributed by atoms with van der Waals surface area (Å²) in [5, 5.41) is 2.29. The van der Waals surface area contributed by atoms with Gasteiger partial charge in [0.05, 0.1) is 0 Å². The van der Waals surface area contributed by atoms with Crippen LogP contribution in [0, 0.1) is 5.92 Å². The van der Waals surface area contributed by atoms with Crippen molar-refractivity contribution in [3.63, 3.8) is 0 Å². The summed E-state index contributed by atoms with van der Waals surface area (Å²) in [5.41, 5.74) is 4.75. The molecule has 0 spiro atoms. The van der Waals surface area contributed by atoms with Crippen molar-refractivity contribution in [1.82, 2.24) is 0 Å². The average Bonchev–Trinajstić information content (AvgIpc) is 3.00. The second-order valence-electron chi connectivity index (χ2n) is 6.15. The van der Waals surface area contributed by atoms with E-state index in [4.69, 9.17) is 9.41 Å². The van der Waals surface area contributed by atoms with Gasteiger partial charge in [0.25, 0.3) is 0 Å². The lowest BCUT2D eigenvalue weighted by Crippen LogP contribution is -2.02. The molecule has 0 fully saturated rings. The van der Waals surface area contributed by atoms with Crippen molar-refractivity contribution >= 4 is 27.7 Å². The number of benzene rings is 2. The van der Waals surface area contributed by atoms with E-state index in [9.17, 15) is 0 Å². The topological polar surface area (TPSA) is 25.5 Å². The lowest BCUT2D eigenvalue weighted by molar-refractivity contribution is 0.669. The fraction of sp³-hybridized carbons (Fsp3) is 0.136. The second kappa shape index (κ2) is 5.97. The fourth-order valence-electron chi connectivity index (χ4n) is 3.14. The summed E-state index contributed by atoms with van der Waals surface area (Å²) in [7, 11) is 0. The molecule has 3 aromatic rings. The van der Waals surface area contributed by atoms with E-state index in [0.717, 1.165) is 45.3 Å². The minimum Gasteiger partial charge on any atom is -0.456 e. The Kier molecular flexibility index (Phi) is 3.66. The molecule has 0 bridgehead atoms. The summed E-state index contributed by atoms with van der Waals surface area (Å²) >= 11 is 0. The Labute approximate surface area is 141 Å². The average molecular weight is 313 g/mol. The fourth-order valence-corrected chi connectivity index (χ4v) is 3.14. The SMILES string of the molecule is C=C(N=C(C)c1ccc2c(c1)oc1ccccc12)C1C=CC=CC1. The first-order valence-electron chi connectivity index (χ1n) is 8.21. The highest BCUT2D eigenvalue weighted by molar-refractivity contribution is 6.08. The minimum absolute atomic E-state index is 0.292. The first kappa shape index (κ1) is 14.7. The Morgan fingerprint density at radius 3 is 2.75 bits per heavy atom. The molecule has 0 N–H and O–H groups in total. The van der Waals surface area contributed by atoms with Crippen LogP contribution >= 0.6 is 0 Å². The van der Waals surface area contributed by atoms with Gasteiger partial charge in [0.15, 0.2) is 0 Å². The molecule has 1 heterocycles. The summed E-state index contributed by atoms with van der Waals surface area (Å²) in [4.78, 5) is 4.73. The maximum atomic E-state index is 5.97. The van der Waals surface area contributed by atoms with Crippen molar-refractivity contribution in [3.8, 4) is 0 Å². The van der Waals surface area contributed by atoms with Crippen LogP contribution in [0.3, 0.4) is 0 Å². The third kappa shape index (κ3) is 2.61.